The Morgan fingerprint density at radius 3 is 2.95 bits per heavy atom. The Morgan fingerprint density at radius 1 is 1.47 bits per heavy atom. The van der Waals surface area contributed by atoms with E-state index < -0.39 is 0 Å². The Hall–Kier alpha value is -0.390. The molecule has 0 spiro atoms. The first-order chi connectivity index (χ1) is 9.19. The smallest absolute Gasteiger partial charge is 0.220 e. The van der Waals surface area contributed by atoms with Crippen molar-refractivity contribution in [3.63, 3.8) is 0 Å². The van der Waals surface area contributed by atoms with E-state index >= 15 is 0 Å². The summed E-state index contributed by atoms with van der Waals surface area (Å²) in [6, 6.07) is 2.38. The summed E-state index contributed by atoms with van der Waals surface area (Å²) < 4.78 is 1.10. The minimum atomic E-state index is 0.162. The van der Waals surface area contributed by atoms with Gasteiger partial charge in [0.2, 0.25) is 5.91 Å². The number of carbonyl (C=O) groups is 1. The van der Waals surface area contributed by atoms with E-state index in [9.17, 15) is 4.79 Å². The van der Waals surface area contributed by atoms with Crippen LogP contribution in [0.2, 0.25) is 0 Å². The highest BCUT2D eigenvalue weighted by Crippen LogP contribution is 2.24. The Balaban J connectivity index is 1.77. The molecular weight excluding hydrogens is 324 g/mol. The molecule has 0 bridgehead atoms. The van der Waals surface area contributed by atoms with E-state index in [4.69, 9.17) is 5.73 Å². The van der Waals surface area contributed by atoms with E-state index in [1.165, 1.54) is 17.7 Å². The van der Waals surface area contributed by atoms with Crippen molar-refractivity contribution in [2.24, 2.45) is 11.7 Å². The molecule has 2 unspecified atom stereocenters. The largest absolute Gasteiger partial charge is 0.353 e. The molecule has 1 aliphatic carbocycles. The molecule has 0 radical (unpaired) electrons. The van der Waals surface area contributed by atoms with Gasteiger partial charge in [0, 0.05) is 27.2 Å². The van der Waals surface area contributed by atoms with Gasteiger partial charge < -0.3 is 11.1 Å². The van der Waals surface area contributed by atoms with Crippen molar-refractivity contribution in [3.8, 4) is 0 Å². The number of nitrogens with one attached hydrogen (secondary N) is 1. The lowest BCUT2D eigenvalue weighted by atomic mass is 9.84. The standard InChI is InChI=1S/C14H21BrN2OS/c15-11-7-12(19-9-11)5-6-14(18)17-13-4-2-1-3-10(13)8-16/h7,9-10,13H,1-6,8,16H2,(H,17,18). The summed E-state index contributed by atoms with van der Waals surface area (Å²) in [6.07, 6.45) is 6.08. The third-order valence-corrected chi connectivity index (χ3v) is 5.54. The first kappa shape index (κ1) is 15.0. The molecule has 3 N–H and O–H groups in total. The Morgan fingerprint density at radius 2 is 2.26 bits per heavy atom. The normalized spacial score (nSPS) is 23.3. The lowest BCUT2D eigenvalue weighted by Gasteiger charge is -2.31. The average molecular weight is 345 g/mol. The predicted molar refractivity (Wildman–Crippen MR) is 83.3 cm³/mol. The van der Waals surface area contributed by atoms with Gasteiger partial charge in [-0.3, -0.25) is 4.79 Å². The van der Waals surface area contributed by atoms with Gasteiger partial charge in [-0.1, -0.05) is 12.8 Å². The number of hydrogen-bond donors (Lipinski definition) is 2. The molecule has 106 valence electrons. The molecule has 0 aromatic carbocycles. The van der Waals surface area contributed by atoms with Crippen LogP contribution in [0.4, 0.5) is 0 Å². The number of hydrogen-bond acceptors (Lipinski definition) is 3. The number of thiophene rings is 1. The summed E-state index contributed by atoms with van der Waals surface area (Å²) in [7, 11) is 0. The molecule has 1 aromatic heterocycles. The maximum atomic E-state index is 12.0. The number of halogens is 1. The van der Waals surface area contributed by atoms with E-state index in [1.54, 1.807) is 11.3 Å². The van der Waals surface area contributed by atoms with Crippen molar-refractivity contribution >= 4 is 33.2 Å². The van der Waals surface area contributed by atoms with Crippen molar-refractivity contribution in [2.75, 3.05) is 6.54 Å². The summed E-state index contributed by atoms with van der Waals surface area (Å²) >= 11 is 5.13. The van der Waals surface area contributed by atoms with Crippen LogP contribution in [0.1, 0.15) is 37.0 Å². The van der Waals surface area contributed by atoms with Crippen LogP contribution in [0, 0.1) is 5.92 Å². The zero-order valence-corrected chi connectivity index (χ0v) is 13.4. The Labute approximate surface area is 127 Å². The van der Waals surface area contributed by atoms with E-state index in [0.29, 0.717) is 24.9 Å². The fraction of sp³-hybridized carbons (Fsp3) is 0.643. The van der Waals surface area contributed by atoms with Gasteiger partial charge in [-0.2, -0.15) is 0 Å². The van der Waals surface area contributed by atoms with Crippen LogP contribution in [0.3, 0.4) is 0 Å². The number of aryl methyl sites for hydroxylation is 1. The van der Waals surface area contributed by atoms with Crippen molar-refractivity contribution in [1.82, 2.24) is 5.32 Å². The Bertz CT molecular complexity index is 421. The molecule has 1 heterocycles. The average Bonchev–Trinajstić information content (AvgIpc) is 2.83. The lowest BCUT2D eigenvalue weighted by molar-refractivity contribution is -0.122. The van der Waals surface area contributed by atoms with E-state index in [1.807, 2.05) is 0 Å². The van der Waals surface area contributed by atoms with E-state index in [-0.39, 0.29) is 5.91 Å². The second kappa shape index (κ2) is 7.41. The third kappa shape index (κ3) is 4.58. The van der Waals surface area contributed by atoms with Crippen LogP contribution in [0.5, 0.6) is 0 Å². The van der Waals surface area contributed by atoms with Gasteiger partial charge >= 0.3 is 0 Å². The van der Waals surface area contributed by atoms with Gasteiger partial charge in [0.1, 0.15) is 0 Å². The van der Waals surface area contributed by atoms with Gasteiger partial charge in [0.15, 0.2) is 0 Å². The van der Waals surface area contributed by atoms with Crippen molar-refractivity contribution < 1.29 is 4.79 Å². The van der Waals surface area contributed by atoms with Gasteiger partial charge in [-0.15, -0.1) is 11.3 Å². The number of amides is 1. The summed E-state index contributed by atoms with van der Waals surface area (Å²) in [5.74, 6) is 0.628. The fourth-order valence-corrected chi connectivity index (χ4v) is 4.14. The van der Waals surface area contributed by atoms with Crippen LogP contribution in [0.15, 0.2) is 15.9 Å². The van der Waals surface area contributed by atoms with Gasteiger partial charge in [0.25, 0.3) is 0 Å². The Kier molecular flexibility index (Phi) is 5.85. The van der Waals surface area contributed by atoms with E-state index in [0.717, 1.165) is 23.7 Å². The lowest BCUT2D eigenvalue weighted by Crippen LogP contribution is -2.44. The first-order valence-electron chi connectivity index (χ1n) is 6.91. The maximum absolute atomic E-state index is 12.0. The summed E-state index contributed by atoms with van der Waals surface area (Å²) in [5.41, 5.74) is 5.78. The number of nitrogens with two attached hydrogens (primary N) is 1. The third-order valence-electron chi connectivity index (χ3n) is 3.78. The molecule has 3 nitrogen and oxygen atoms in total. The molecule has 1 fully saturated rings. The monoisotopic (exact) mass is 344 g/mol. The van der Waals surface area contributed by atoms with Crippen LogP contribution in [0.25, 0.3) is 0 Å². The second-order valence-electron chi connectivity index (χ2n) is 5.19. The van der Waals surface area contributed by atoms with Crippen LogP contribution >= 0.6 is 27.3 Å². The van der Waals surface area contributed by atoms with Crippen molar-refractivity contribution in [2.45, 2.75) is 44.6 Å². The molecule has 19 heavy (non-hydrogen) atoms. The minimum absolute atomic E-state index is 0.162. The van der Waals surface area contributed by atoms with Gasteiger partial charge in [-0.25, -0.2) is 0 Å². The highest BCUT2D eigenvalue weighted by atomic mass is 79.9. The van der Waals surface area contributed by atoms with Crippen LogP contribution in [-0.4, -0.2) is 18.5 Å². The molecule has 0 saturated heterocycles. The molecule has 2 rings (SSSR count). The van der Waals surface area contributed by atoms with Crippen LogP contribution in [-0.2, 0) is 11.2 Å². The molecule has 1 aromatic rings. The second-order valence-corrected chi connectivity index (χ2v) is 7.10. The summed E-state index contributed by atoms with van der Waals surface area (Å²) in [5, 5.41) is 5.23. The zero-order chi connectivity index (χ0) is 13.7. The SMILES string of the molecule is NCC1CCCCC1NC(=O)CCc1cc(Br)cs1. The maximum Gasteiger partial charge on any atom is 0.220 e. The zero-order valence-electron chi connectivity index (χ0n) is 11.0. The van der Waals surface area contributed by atoms with E-state index in [2.05, 4.69) is 32.7 Å². The molecule has 5 heteroatoms. The molecule has 0 aliphatic heterocycles. The predicted octanol–water partition coefficient (Wildman–Crippen LogP) is 3.08. The summed E-state index contributed by atoms with van der Waals surface area (Å²) in [4.78, 5) is 13.2. The first-order valence-corrected chi connectivity index (χ1v) is 8.58. The van der Waals surface area contributed by atoms with Gasteiger partial charge in [-0.05, 0) is 53.7 Å². The number of carbonyl (C=O) groups excluding carboxylic acids is 1. The topological polar surface area (TPSA) is 55.1 Å². The summed E-state index contributed by atoms with van der Waals surface area (Å²) in [6.45, 7) is 0.683. The molecule has 1 saturated carbocycles. The number of rotatable bonds is 5. The minimum Gasteiger partial charge on any atom is -0.353 e. The fourth-order valence-electron chi connectivity index (χ4n) is 2.68. The molecule has 2 atom stereocenters. The van der Waals surface area contributed by atoms with Gasteiger partial charge in [0.05, 0.1) is 0 Å². The highest BCUT2D eigenvalue weighted by molar-refractivity contribution is 9.10. The van der Waals surface area contributed by atoms with Crippen molar-refractivity contribution in [3.05, 3.63) is 20.8 Å². The van der Waals surface area contributed by atoms with Crippen LogP contribution < -0.4 is 11.1 Å². The highest BCUT2D eigenvalue weighted by Gasteiger charge is 2.25. The molecule has 1 amide bonds. The molecule has 1 aliphatic rings. The van der Waals surface area contributed by atoms with Crippen molar-refractivity contribution in [1.29, 1.82) is 0 Å². The molecular formula is C14H21BrN2OS. The quantitative estimate of drug-likeness (QED) is 0.862.